The molecule has 0 fully saturated rings. The van der Waals surface area contributed by atoms with Crippen LogP contribution in [0.3, 0.4) is 0 Å². The van der Waals surface area contributed by atoms with E-state index < -0.39 is 0 Å². The predicted octanol–water partition coefficient (Wildman–Crippen LogP) is 3.01. The molecule has 1 aromatic heterocycles. The molecule has 2 aromatic rings. The van der Waals surface area contributed by atoms with Crippen molar-refractivity contribution >= 4 is 5.69 Å². The molecular formula is C16H19NO2. The van der Waals surface area contributed by atoms with E-state index in [9.17, 15) is 0 Å². The van der Waals surface area contributed by atoms with Crippen molar-refractivity contribution in [2.45, 2.75) is 19.3 Å². The molecule has 0 saturated carbocycles. The monoisotopic (exact) mass is 257 g/mol. The van der Waals surface area contributed by atoms with Crippen molar-refractivity contribution in [3.63, 3.8) is 0 Å². The first-order valence-corrected chi connectivity index (χ1v) is 6.60. The summed E-state index contributed by atoms with van der Waals surface area (Å²) in [5.74, 6) is 0.997. The van der Waals surface area contributed by atoms with Crippen LogP contribution in [-0.2, 0) is 5.41 Å². The Hall–Kier alpha value is -1.74. The second kappa shape index (κ2) is 4.14. The van der Waals surface area contributed by atoms with Gasteiger partial charge in [-0.05, 0) is 29.8 Å². The highest BCUT2D eigenvalue weighted by molar-refractivity contribution is 5.78. The molecule has 0 bridgehead atoms. The SMILES string of the molecule is CN(CCO)c1ccc2c(c1)C(C)(C)c1ccoc1-2. The zero-order valence-electron chi connectivity index (χ0n) is 11.6. The Bertz CT molecular complexity index is 613. The fourth-order valence-corrected chi connectivity index (χ4v) is 2.92. The molecule has 0 unspecified atom stereocenters. The van der Waals surface area contributed by atoms with Gasteiger partial charge >= 0.3 is 0 Å². The Morgan fingerprint density at radius 2 is 2.00 bits per heavy atom. The molecule has 0 radical (unpaired) electrons. The largest absolute Gasteiger partial charge is 0.464 e. The summed E-state index contributed by atoms with van der Waals surface area (Å²) in [6.07, 6.45) is 1.77. The van der Waals surface area contributed by atoms with Crippen molar-refractivity contribution in [1.29, 1.82) is 0 Å². The smallest absolute Gasteiger partial charge is 0.138 e. The maximum atomic E-state index is 9.05. The maximum absolute atomic E-state index is 9.05. The van der Waals surface area contributed by atoms with Crippen molar-refractivity contribution < 1.29 is 9.52 Å². The van der Waals surface area contributed by atoms with Crippen molar-refractivity contribution in [3.8, 4) is 11.3 Å². The number of nitrogens with zero attached hydrogens (tertiary/aromatic N) is 1. The van der Waals surface area contributed by atoms with E-state index in [0.29, 0.717) is 6.54 Å². The summed E-state index contributed by atoms with van der Waals surface area (Å²) < 4.78 is 5.63. The second-order valence-electron chi connectivity index (χ2n) is 5.66. The van der Waals surface area contributed by atoms with Crippen LogP contribution in [0.5, 0.6) is 0 Å². The van der Waals surface area contributed by atoms with E-state index in [0.717, 1.165) is 11.4 Å². The molecule has 19 heavy (non-hydrogen) atoms. The van der Waals surface area contributed by atoms with E-state index in [2.05, 4.69) is 43.0 Å². The van der Waals surface area contributed by atoms with Gasteiger partial charge in [0.05, 0.1) is 12.9 Å². The summed E-state index contributed by atoms with van der Waals surface area (Å²) in [5.41, 5.74) is 4.85. The van der Waals surface area contributed by atoms with Crippen molar-refractivity contribution in [1.82, 2.24) is 0 Å². The van der Waals surface area contributed by atoms with Crippen LogP contribution in [0, 0.1) is 0 Å². The van der Waals surface area contributed by atoms with Gasteiger partial charge < -0.3 is 14.4 Å². The van der Waals surface area contributed by atoms with Gasteiger partial charge in [0.1, 0.15) is 5.76 Å². The minimum absolute atomic E-state index is 0.0201. The minimum Gasteiger partial charge on any atom is -0.464 e. The predicted molar refractivity (Wildman–Crippen MR) is 76.6 cm³/mol. The number of fused-ring (bicyclic) bond motifs is 3. The summed E-state index contributed by atoms with van der Waals surface area (Å²) in [6.45, 7) is 5.26. The number of hydrogen-bond acceptors (Lipinski definition) is 3. The second-order valence-corrected chi connectivity index (χ2v) is 5.66. The number of furan rings is 1. The topological polar surface area (TPSA) is 36.6 Å². The average Bonchev–Trinajstić information content (AvgIpc) is 2.94. The van der Waals surface area contributed by atoms with E-state index in [1.807, 2.05) is 7.05 Å². The lowest BCUT2D eigenvalue weighted by Gasteiger charge is -2.23. The lowest BCUT2D eigenvalue weighted by atomic mass is 9.83. The Balaban J connectivity index is 2.10. The maximum Gasteiger partial charge on any atom is 0.138 e. The van der Waals surface area contributed by atoms with E-state index in [4.69, 9.17) is 9.52 Å². The molecule has 3 nitrogen and oxygen atoms in total. The van der Waals surface area contributed by atoms with Crippen LogP contribution in [0.1, 0.15) is 25.0 Å². The third-order valence-electron chi connectivity index (χ3n) is 4.14. The van der Waals surface area contributed by atoms with Crippen molar-refractivity contribution in [2.75, 3.05) is 25.1 Å². The summed E-state index contributed by atoms with van der Waals surface area (Å²) >= 11 is 0. The highest BCUT2D eigenvalue weighted by atomic mass is 16.3. The summed E-state index contributed by atoms with van der Waals surface area (Å²) in [6, 6.07) is 8.48. The van der Waals surface area contributed by atoms with Gasteiger partial charge in [0.25, 0.3) is 0 Å². The third kappa shape index (κ3) is 1.69. The van der Waals surface area contributed by atoms with Gasteiger partial charge in [-0.3, -0.25) is 0 Å². The molecule has 0 spiro atoms. The molecule has 1 aromatic carbocycles. The first-order valence-electron chi connectivity index (χ1n) is 6.60. The molecule has 1 aliphatic carbocycles. The molecular weight excluding hydrogens is 238 g/mol. The lowest BCUT2D eigenvalue weighted by molar-refractivity contribution is 0.304. The number of aliphatic hydroxyl groups is 1. The summed E-state index contributed by atoms with van der Waals surface area (Å²) in [4.78, 5) is 2.07. The standard InChI is InChI=1S/C16H19NO2/c1-16(2)13-6-9-19-15(13)12-5-4-11(10-14(12)16)17(3)7-8-18/h4-6,9-10,18H,7-8H2,1-3H3. The zero-order chi connectivity index (χ0) is 13.6. The first-order chi connectivity index (χ1) is 9.05. The van der Waals surface area contributed by atoms with E-state index in [1.165, 1.54) is 16.7 Å². The van der Waals surface area contributed by atoms with E-state index in [1.54, 1.807) is 6.26 Å². The summed E-state index contributed by atoms with van der Waals surface area (Å²) in [7, 11) is 2.00. The van der Waals surface area contributed by atoms with Gasteiger partial charge in [-0.25, -0.2) is 0 Å². The van der Waals surface area contributed by atoms with Crippen LogP contribution in [0.15, 0.2) is 34.9 Å². The first kappa shape index (κ1) is 12.3. The van der Waals surface area contributed by atoms with Crippen LogP contribution in [0.25, 0.3) is 11.3 Å². The Morgan fingerprint density at radius 3 is 2.74 bits per heavy atom. The third-order valence-corrected chi connectivity index (χ3v) is 4.14. The molecule has 0 aliphatic heterocycles. The van der Waals surface area contributed by atoms with Crippen molar-refractivity contribution in [3.05, 3.63) is 41.7 Å². The highest BCUT2D eigenvalue weighted by Crippen LogP contribution is 2.49. The van der Waals surface area contributed by atoms with E-state index in [-0.39, 0.29) is 12.0 Å². The molecule has 0 amide bonds. The molecule has 3 rings (SSSR count). The molecule has 1 N–H and O–H groups in total. The Labute approximate surface area is 113 Å². The Morgan fingerprint density at radius 1 is 1.21 bits per heavy atom. The van der Waals surface area contributed by atoms with Crippen LogP contribution >= 0.6 is 0 Å². The molecule has 0 saturated heterocycles. The number of anilines is 1. The number of likely N-dealkylation sites (N-methyl/N-ethyl adjacent to an activating group) is 1. The number of benzene rings is 1. The van der Waals surface area contributed by atoms with Gasteiger partial charge in [0.15, 0.2) is 0 Å². The number of rotatable bonds is 3. The highest BCUT2D eigenvalue weighted by Gasteiger charge is 2.37. The fraction of sp³-hybridized carbons (Fsp3) is 0.375. The molecule has 0 atom stereocenters. The quantitative estimate of drug-likeness (QED) is 0.918. The molecule has 1 aliphatic rings. The molecule has 100 valence electrons. The van der Waals surface area contributed by atoms with Gasteiger partial charge in [-0.15, -0.1) is 0 Å². The zero-order valence-corrected chi connectivity index (χ0v) is 11.6. The van der Waals surface area contributed by atoms with Crippen molar-refractivity contribution in [2.24, 2.45) is 0 Å². The van der Waals surface area contributed by atoms with Crippen LogP contribution in [0.4, 0.5) is 5.69 Å². The molecule has 1 heterocycles. The average molecular weight is 257 g/mol. The number of aliphatic hydroxyl groups excluding tert-OH is 1. The van der Waals surface area contributed by atoms with Gasteiger partial charge in [-0.2, -0.15) is 0 Å². The fourth-order valence-electron chi connectivity index (χ4n) is 2.92. The van der Waals surface area contributed by atoms with Crippen LogP contribution in [-0.4, -0.2) is 25.3 Å². The summed E-state index contributed by atoms with van der Waals surface area (Å²) in [5, 5.41) is 9.05. The normalized spacial score (nSPS) is 15.2. The molecule has 3 heteroatoms. The van der Waals surface area contributed by atoms with Crippen LogP contribution in [0.2, 0.25) is 0 Å². The number of hydrogen-bond donors (Lipinski definition) is 1. The minimum atomic E-state index is -0.0201. The van der Waals surface area contributed by atoms with Gasteiger partial charge in [0.2, 0.25) is 0 Å². The lowest BCUT2D eigenvalue weighted by Crippen LogP contribution is -2.22. The van der Waals surface area contributed by atoms with E-state index >= 15 is 0 Å². The Kier molecular flexibility index (Phi) is 2.68. The van der Waals surface area contributed by atoms with Gasteiger partial charge in [0, 0.05) is 35.8 Å². The van der Waals surface area contributed by atoms with Crippen LogP contribution < -0.4 is 4.90 Å². The van der Waals surface area contributed by atoms with Gasteiger partial charge in [-0.1, -0.05) is 13.8 Å².